The largest absolute Gasteiger partial charge is 0.383 e. The number of nitrogens with one attached hydrogen (secondary N) is 2. The van der Waals surface area contributed by atoms with Gasteiger partial charge in [-0.25, -0.2) is 20.1 Å². The molecule has 2 unspecified atom stereocenters. The zero-order valence-corrected chi connectivity index (χ0v) is 15.7. The minimum Gasteiger partial charge on any atom is -0.383 e. The molecule has 0 spiro atoms. The zero-order valence-electron chi connectivity index (χ0n) is 15.0. The van der Waals surface area contributed by atoms with Crippen molar-refractivity contribution in [1.29, 1.82) is 0 Å². The Morgan fingerprint density at radius 1 is 1.21 bits per heavy atom. The van der Waals surface area contributed by atoms with Crippen molar-refractivity contribution in [1.82, 2.24) is 30.2 Å². The third-order valence-corrected chi connectivity index (χ3v) is 5.57. The lowest BCUT2D eigenvalue weighted by Crippen LogP contribution is -2.47. The molecule has 0 aliphatic carbocycles. The van der Waals surface area contributed by atoms with Crippen LogP contribution in [-0.4, -0.2) is 24.7 Å². The lowest BCUT2D eigenvalue weighted by atomic mass is 9.79. The Labute approximate surface area is 165 Å². The van der Waals surface area contributed by atoms with Gasteiger partial charge in [-0.05, 0) is 30.7 Å². The first-order valence-electron chi connectivity index (χ1n) is 8.78. The van der Waals surface area contributed by atoms with E-state index in [0.29, 0.717) is 16.5 Å². The fourth-order valence-corrected chi connectivity index (χ4v) is 4.11. The molecule has 2 atom stereocenters. The summed E-state index contributed by atoms with van der Waals surface area (Å²) in [6.07, 6.45) is 6.75. The number of halogens is 1. The minimum atomic E-state index is -0.646. The highest BCUT2D eigenvalue weighted by Crippen LogP contribution is 2.46. The number of hydrazine groups is 1. The molecule has 0 radical (unpaired) electrons. The summed E-state index contributed by atoms with van der Waals surface area (Å²) in [5, 5.41) is 5.96. The van der Waals surface area contributed by atoms with Gasteiger partial charge in [-0.3, -0.25) is 4.98 Å². The van der Waals surface area contributed by atoms with Crippen LogP contribution in [0.5, 0.6) is 0 Å². The van der Waals surface area contributed by atoms with Gasteiger partial charge >= 0.3 is 0 Å². The third-order valence-electron chi connectivity index (χ3n) is 5.33. The summed E-state index contributed by atoms with van der Waals surface area (Å²) >= 11 is 6.21. The summed E-state index contributed by atoms with van der Waals surface area (Å²) in [5.74, 6) is 0.406. The molecule has 0 fully saturated rings. The van der Waals surface area contributed by atoms with Crippen molar-refractivity contribution in [2.45, 2.75) is 18.5 Å². The molecule has 1 aliphatic rings. The molecule has 5 rings (SSSR count). The maximum atomic E-state index is 6.21. The fraction of sp³-hybridized carbons (Fsp3) is 0.158. The minimum absolute atomic E-state index is 0.182. The van der Waals surface area contributed by atoms with Crippen LogP contribution in [0.3, 0.4) is 0 Å². The number of rotatable bonds is 3. The Morgan fingerprint density at radius 3 is 2.93 bits per heavy atom. The van der Waals surface area contributed by atoms with E-state index in [1.54, 1.807) is 12.4 Å². The van der Waals surface area contributed by atoms with Crippen molar-refractivity contribution in [2.75, 3.05) is 11.2 Å². The van der Waals surface area contributed by atoms with E-state index in [0.717, 1.165) is 22.2 Å². The van der Waals surface area contributed by atoms with Crippen LogP contribution in [0, 0.1) is 0 Å². The van der Waals surface area contributed by atoms with E-state index in [9.17, 15) is 0 Å². The van der Waals surface area contributed by atoms with Crippen LogP contribution in [0.1, 0.15) is 24.1 Å². The molecule has 4 N–H and O–H groups in total. The predicted octanol–water partition coefficient (Wildman–Crippen LogP) is 2.89. The number of nitrogens with zero attached hydrogens (tertiary/aromatic N) is 5. The molecule has 9 heteroatoms. The van der Waals surface area contributed by atoms with Crippen molar-refractivity contribution >= 4 is 34.1 Å². The van der Waals surface area contributed by atoms with Gasteiger partial charge in [-0.15, -0.1) is 0 Å². The van der Waals surface area contributed by atoms with Crippen LogP contribution in [0.25, 0.3) is 11.0 Å². The van der Waals surface area contributed by atoms with Crippen LogP contribution < -0.4 is 16.6 Å². The van der Waals surface area contributed by atoms with E-state index in [1.807, 2.05) is 41.2 Å². The van der Waals surface area contributed by atoms with E-state index in [-0.39, 0.29) is 6.04 Å². The van der Waals surface area contributed by atoms with Gasteiger partial charge in [0.05, 0.1) is 23.3 Å². The van der Waals surface area contributed by atoms with E-state index in [2.05, 4.69) is 37.8 Å². The van der Waals surface area contributed by atoms with Crippen LogP contribution in [0.4, 0.5) is 11.5 Å². The summed E-state index contributed by atoms with van der Waals surface area (Å²) in [5.41, 5.74) is 15.7. The van der Waals surface area contributed by atoms with Gasteiger partial charge in [0.1, 0.15) is 17.7 Å². The Hall–Kier alpha value is -3.23. The number of aromatic nitrogens is 5. The van der Waals surface area contributed by atoms with E-state index < -0.39 is 5.54 Å². The van der Waals surface area contributed by atoms with E-state index >= 15 is 0 Å². The molecule has 3 aromatic heterocycles. The lowest BCUT2D eigenvalue weighted by Gasteiger charge is -2.36. The van der Waals surface area contributed by atoms with Gasteiger partial charge in [-0.2, -0.15) is 5.10 Å². The number of pyridine rings is 1. The highest BCUT2D eigenvalue weighted by atomic mass is 35.5. The average molecular weight is 393 g/mol. The molecule has 0 amide bonds. The van der Waals surface area contributed by atoms with E-state index in [4.69, 9.17) is 17.3 Å². The number of nitrogen functional groups attached to an aromatic ring is 1. The second-order valence-corrected chi connectivity index (χ2v) is 7.19. The van der Waals surface area contributed by atoms with Gasteiger partial charge in [0.2, 0.25) is 0 Å². The average Bonchev–Trinajstić information content (AvgIpc) is 3.31. The first kappa shape index (κ1) is 16.9. The monoisotopic (exact) mass is 392 g/mol. The zero-order chi connectivity index (χ0) is 19.3. The summed E-state index contributed by atoms with van der Waals surface area (Å²) < 4.78 is 1.86. The second-order valence-electron chi connectivity index (χ2n) is 6.75. The molecular weight excluding hydrogens is 376 g/mol. The highest BCUT2D eigenvalue weighted by molar-refractivity contribution is 6.30. The molecule has 140 valence electrons. The molecular formula is C19H17ClN8. The van der Waals surface area contributed by atoms with E-state index in [1.165, 1.54) is 6.33 Å². The number of anilines is 2. The van der Waals surface area contributed by atoms with Crippen molar-refractivity contribution in [2.24, 2.45) is 0 Å². The molecule has 4 aromatic rings. The molecule has 0 saturated carbocycles. The van der Waals surface area contributed by atoms with Crippen molar-refractivity contribution in [3.05, 3.63) is 71.4 Å². The molecule has 8 nitrogen and oxygen atoms in total. The van der Waals surface area contributed by atoms with Gasteiger partial charge in [0, 0.05) is 23.0 Å². The molecule has 1 aromatic carbocycles. The number of benzene rings is 1. The van der Waals surface area contributed by atoms with Gasteiger partial charge < -0.3 is 11.2 Å². The highest BCUT2D eigenvalue weighted by Gasteiger charge is 2.47. The fourth-order valence-electron chi connectivity index (χ4n) is 3.94. The van der Waals surface area contributed by atoms with Crippen LogP contribution in [0.15, 0.2) is 55.2 Å². The van der Waals surface area contributed by atoms with Crippen molar-refractivity contribution in [3.63, 3.8) is 0 Å². The van der Waals surface area contributed by atoms with Crippen molar-refractivity contribution in [3.8, 4) is 0 Å². The quantitative estimate of drug-likeness (QED) is 0.492. The van der Waals surface area contributed by atoms with Gasteiger partial charge in [0.15, 0.2) is 5.65 Å². The lowest BCUT2D eigenvalue weighted by molar-refractivity contribution is 0.293. The van der Waals surface area contributed by atoms with Crippen LogP contribution in [0.2, 0.25) is 5.02 Å². The molecule has 1 aliphatic heterocycles. The standard InChI is InChI=1S/C19H17ClN8/c1-11(28-18-14(9-25-28)17(21)23-10-24-18)19(12-3-2-6-22-8-12)15-5-4-13(20)7-16(15)26-27-19/h2-11,26-27H,1H3,(H2,21,23,24). The first-order chi connectivity index (χ1) is 13.6. The molecule has 4 heterocycles. The van der Waals surface area contributed by atoms with Gasteiger partial charge in [0.25, 0.3) is 0 Å². The van der Waals surface area contributed by atoms with Crippen molar-refractivity contribution < 1.29 is 0 Å². The third kappa shape index (κ3) is 2.28. The topological polar surface area (TPSA) is 107 Å². The normalized spacial score (nSPS) is 19.4. The maximum absolute atomic E-state index is 6.21. The number of fused-ring (bicyclic) bond motifs is 2. The molecule has 0 bridgehead atoms. The first-order valence-corrected chi connectivity index (χ1v) is 9.16. The summed E-state index contributed by atoms with van der Waals surface area (Å²) in [6.45, 7) is 2.08. The summed E-state index contributed by atoms with van der Waals surface area (Å²) in [7, 11) is 0. The number of hydrogen-bond donors (Lipinski definition) is 3. The Balaban J connectivity index is 1.76. The SMILES string of the molecule is CC(n1ncc2c(N)ncnc21)C1(c2cccnc2)NNc2cc(Cl)ccc21. The number of hydrogen-bond acceptors (Lipinski definition) is 7. The molecule has 0 saturated heterocycles. The van der Waals surface area contributed by atoms with Crippen LogP contribution in [-0.2, 0) is 5.54 Å². The summed E-state index contributed by atoms with van der Waals surface area (Å²) in [4.78, 5) is 12.8. The number of nitrogens with two attached hydrogens (primary N) is 1. The van der Waals surface area contributed by atoms with Gasteiger partial charge in [-0.1, -0.05) is 23.7 Å². The Bertz CT molecular complexity index is 1180. The summed E-state index contributed by atoms with van der Waals surface area (Å²) in [6, 6.07) is 9.57. The predicted molar refractivity (Wildman–Crippen MR) is 108 cm³/mol. The smallest absolute Gasteiger partial charge is 0.163 e. The second kappa shape index (κ2) is 6.15. The maximum Gasteiger partial charge on any atom is 0.163 e. The molecule has 28 heavy (non-hydrogen) atoms. The van der Waals surface area contributed by atoms with Crippen LogP contribution >= 0.6 is 11.6 Å². The Kier molecular flexibility index (Phi) is 3.71. The Morgan fingerprint density at radius 2 is 2.11 bits per heavy atom.